The number of nitrogens with one attached hydrogen (secondary N) is 1. The average Bonchev–Trinajstić information content (AvgIpc) is 2.65. The Morgan fingerprint density at radius 2 is 1.70 bits per heavy atom. The number of amides is 2. The quantitative estimate of drug-likeness (QED) is 0.672. The fraction of sp³-hybridized carbons (Fsp3) is 0.211. The van der Waals surface area contributed by atoms with E-state index >= 15 is 0 Å². The molecule has 0 aliphatic heterocycles. The highest BCUT2D eigenvalue weighted by atomic mass is 35.5. The first-order chi connectivity index (χ1) is 12.9. The molecule has 0 aromatic heterocycles. The molecule has 142 valence electrons. The number of ether oxygens (including phenoxy) is 2. The summed E-state index contributed by atoms with van der Waals surface area (Å²) in [6, 6.07) is 14.8. The summed E-state index contributed by atoms with van der Waals surface area (Å²) in [4.78, 5) is 35.1. The first kappa shape index (κ1) is 20.3. The Labute approximate surface area is 161 Å². The van der Waals surface area contributed by atoms with E-state index in [4.69, 9.17) is 26.8 Å². The maximum atomic E-state index is 12.2. The Kier molecular flexibility index (Phi) is 7.63. The fourth-order valence-electron chi connectivity index (χ4n) is 2.24. The van der Waals surface area contributed by atoms with Gasteiger partial charge in [-0.1, -0.05) is 54.1 Å². The second kappa shape index (κ2) is 10.2. The highest BCUT2D eigenvalue weighted by Gasteiger charge is 2.24. The number of hydrogen-bond acceptors (Lipinski definition) is 5. The van der Waals surface area contributed by atoms with E-state index in [-0.39, 0.29) is 13.0 Å². The molecule has 0 heterocycles. The van der Waals surface area contributed by atoms with E-state index in [0.717, 1.165) is 5.56 Å². The molecule has 2 aromatic carbocycles. The van der Waals surface area contributed by atoms with Crippen molar-refractivity contribution in [3.63, 3.8) is 0 Å². The minimum absolute atomic E-state index is 0.0485. The average molecular weight is 391 g/mol. The molecule has 1 unspecified atom stereocenters. The van der Waals surface area contributed by atoms with E-state index < -0.39 is 30.6 Å². The zero-order valence-corrected chi connectivity index (χ0v) is 15.1. The van der Waals surface area contributed by atoms with Crippen molar-refractivity contribution in [2.75, 3.05) is 6.61 Å². The zero-order chi connectivity index (χ0) is 19.6. The van der Waals surface area contributed by atoms with Gasteiger partial charge in [-0.2, -0.15) is 0 Å². The molecule has 0 bridgehead atoms. The van der Waals surface area contributed by atoms with Crippen LogP contribution in [0, 0.1) is 0 Å². The van der Waals surface area contributed by atoms with Crippen molar-refractivity contribution >= 4 is 29.6 Å². The summed E-state index contributed by atoms with van der Waals surface area (Å²) in [7, 11) is 0. The van der Waals surface area contributed by atoms with Gasteiger partial charge in [-0.05, 0) is 23.3 Å². The lowest BCUT2D eigenvalue weighted by Gasteiger charge is -2.17. The van der Waals surface area contributed by atoms with Crippen LogP contribution in [0.5, 0.6) is 0 Å². The van der Waals surface area contributed by atoms with E-state index in [1.54, 1.807) is 36.4 Å². The van der Waals surface area contributed by atoms with Gasteiger partial charge in [0.05, 0.1) is 0 Å². The standard InChI is InChI=1S/C19H19ClN2O5/c20-15-8-4-7-14(9-15)10-16(18(24)26-12-17(21)23)22-19(25)27-11-13-5-2-1-3-6-13/h1-9,16H,10-12H2,(H2,21,23)(H,22,25). The van der Waals surface area contributed by atoms with Crippen molar-refractivity contribution in [1.82, 2.24) is 5.32 Å². The summed E-state index contributed by atoms with van der Waals surface area (Å²) in [6.45, 7) is -0.529. The first-order valence-corrected chi connectivity index (χ1v) is 8.48. The molecule has 0 saturated carbocycles. The van der Waals surface area contributed by atoms with Crippen LogP contribution in [0.3, 0.4) is 0 Å². The number of halogens is 1. The summed E-state index contributed by atoms with van der Waals surface area (Å²) in [6.07, 6.45) is -0.680. The highest BCUT2D eigenvalue weighted by Crippen LogP contribution is 2.13. The van der Waals surface area contributed by atoms with Crippen molar-refractivity contribution in [3.8, 4) is 0 Å². The second-order valence-electron chi connectivity index (χ2n) is 5.67. The number of nitrogens with two attached hydrogens (primary N) is 1. The Balaban J connectivity index is 2.00. The maximum Gasteiger partial charge on any atom is 0.408 e. The molecule has 2 aromatic rings. The van der Waals surface area contributed by atoms with Crippen LogP contribution >= 0.6 is 11.6 Å². The number of rotatable bonds is 8. The van der Waals surface area contributed by atoms with Crippen molar-refractivity contribution in [3.05, 3.63) is 70.7 Å². The minimum Gasteiger partial charge on any atom is -0.454 e. The molecule has 7 nitrogen and oxygen atoms in total. The third-order valence-electron chi connectivity index (χ3n) is 3.47. The Morgan fingerprint density at radius 1 is 1.00 bits per heavy atom. The largest absolute Gasteiger partial charge is 0.454 e. The second-order valence-corrected chi connectivity index (χ2v) is 6.10. The predicted octanol–water partition coefficient (Wildman–Crippen LogP) is 2.21. The molecule has 2 amide bonds. The number of primary amides is 1. The number of esters is 1. The van der Waals surface area contributed by atoms with Gasteiger partial charge in [0.2, 0.25) is 0 Å². The van der Waals surface area contributed by atoms with Gasteiger partial charge in [-0.25, -0.2) is 9.59 Å². The summed E-state index contributed by atoms with van der Waals surface area (Å²) in [5, 5.41) is 2.94. The number of hydrogen-bond donors (Lipinski definition) is 2. The summed E-state index contributed by atoms with van der Waals surface area (Å²) in [5.41, 5.74) is 6.48. The Bertz CT molecular complexity index is 798. The Hall–Kier alpha value is -3.06. The van der Waals surface area contributed by atoms with E-state index in [2.05, 4.69) is 5.32 Å². The SMILES string of the molecule is NC(=O)COC(=O)C(Cc1cccc(Cl)c1)NC(=O)OCc1ccccc1. The van der Waals surface area contributed by atoms with Crippen LogP contribution in [-0.2, 0) is 32.1 Å². The van der Waals surface area contributed by atoms with Gasteiger partial charge in [0.1, 0.15) is 12.6 Å². The van der Waals surface area contributed by atoms with Crippen LogP contribution in [0.2, 0.25) is 5.02 Å². The van der Waals surface area contributed by atoms with Crippen LogP contribution in [0.25, 0.3) is 0 Å². The predicted molar refractivity (Wildman–Crippen MR) is 98.9 cm³/mol. The summed E-state index contributed by atoms with van der Waals surface area (Å²) >= 11 is 5.94. The van der Waals surface area contributed by atoms with Crippen molar-refractivity contribution in [2.45, 2.75) is 19.1 Å². The fourth-order valence-corrected chi connectivity index (χ4v) is 2.46. The molecule has 3 N–H and O–H groups in total. The van der Waals surface area contributed by atoms with Crippen LogP contribution in [0.15, 0.2) is 54.6 Å². The monoisotopic (exact) mass is 390 g/mol. The van der Waals surface area contributed by atoms with Gasteiger partial charge < -0.3 is 20.5 Å². The third-order valence-corrected chi connectivity index (χ3v) is 3.71. The van der Waals surface area contributed by atoms with E-state index in [9.17, 15) is 14.4 Å². The molecule has 2 rings (SSSR count). The molecule has 8 heteroatoms. The van der Waals surface area contributed by atoms with Gasteiger partial charge in [-0.15, -0.1) is 0 Å². The van der Waals surface area contributed by atoms with E-state index in [0.29, 0.717) is 10.6 Å². The zero-order valence-electron chi connectivity index (χ0n) is 14.4. The molecular formula is C19H19ClN2O5. The lowest BCUT2D eigenvalue weighted by molar-refractivity contribution is -0.149. The molecule has 0 spiro atoms. The third kappa shape index (κ3) is 7.37. The smallest absolute Gasteiger partial charge is 0.408 e. The van der Waals surface area contributed by atoms with Crippen LogP contribution in [0.1, 0.15) is 11.1 Å². The molecule has 0 aliphatic rings. The molecular weight excluding hydrogens is 372 g/mol. The van der Waals surface area contributed by atoms with Gasteiger partial charge in [0.15, 0.2) is 6.61 Å². The molecule has 1 atom stereocenters. The molecule has 27 heavy (non-hydrogen) atoms. The molecule has 0 radical (unpaired) electrons. The van der Waals surface area contributed by atoms with Crippen molar-refractivity contribution in [2.24, 2.45) is 5.73 Å². The lowest BCUT2D eigenvalue weighted by atomic mass is 10.1. The highest BCUT2D eigenvalue weighted by molar-refractivity contribution is 6.30. The van der Waals surface area contributed by atoms with E-state index in [1.807, 2.05) is 18.2 Å². The number of carbonyl (C=O) groups is 3. The van der Waals surface area contributed by atoms with Crippen LogP contribution in [-0.4, -0.2) is 30.6 Å². The summed E-state index contributed by atoms with van der Waals surface area (Å²) in [5.74, 6) is -1.60. The molecule has 0 saturated heterocycles. The van der Waals surface area contributed by atoms with Crippen LogP contribution in [0.4, 0.5) is 4.79 Å². The summed E-state index contributed by atoms with van der Waals surface area (Å²) < 4.78 is 9.94. The van der Waals surface area contributed by atoms with Crippen molar-refractivity contribution in [1.29, 1.82) is 0 Å². The molecule has 0 aliphatic carbocycles. The number of benzene rings is 2. The number of carbonyl (C=O) groups excluding carboxylic acids is 3. The van der Waals surface area contributed by atoms with E-state index in [1.165, 1.54) is 0 Å². The normalized spacial score (nSPS) is 11.3. The van der Waals surface area contributed by atoms with Crippen molar-refractivity contribution < 1.29 is 23.9 Å². The Morgan fingerprint density at radius 3 is 2.37 bits per heavy atom. The maximum absolute atomic E-state index is 12.2. The lowest BCUT2D eigenvalue weighted by Crippen LogP contribution is -2.44. The van der Waals surface area contributed by atoms with Gasteiger partial charge in [0.25, 0.3) is 5.91 Å². The molecule has 0 fully saturated rings. The van der Waals surface area contributed by atoms with Gasteiger partial charge in [-0.3, -0.25) is 4.79 Å². The number of alkyl carbamates (subject to hydrolysis) is 1. The minimum atomic E-state index is -1.06. The van der Waals surface area contributed by atoms with Crippen LogP contribution < -0.4 is 11.1 Å². The topological polar surface area (TPSA) is 108 Å². The first-order valence-electron chi connectivity index (χ1n) is 8.10. The van der Waals surface area contributed by atoms with Gasteiger partial charge in [0, 0.05) is 11.4 Å². The van der Waals surface area contributed by atoms with Gasteiger partial charge >= 0.3 is 12.1 Å².